The van der Waals surface area contributed by atoms with E-state index < -0.39 is 0 Å². The monoisotopic (exact) mass is 278 g/mol. The molecule has 0 aliphatic heterocycles. The van der Waals surface area contributed by atoms with E-state index in [-0.39, 0.29) is 0 Å². The number of quaternary nitrogens is 1. The molecule has 0 spiro atoms. The third-order valence-corrected chi connectivity index (χ3v) is 4.09. The number of nitrogens with two attached hydrogens (primary N) is 1. The van der Waals surface area contributed by atoms with Gasteiger partial charge < -0.3 is 5.32 Å². The summed E-state index contributed by atoms with van der Waals surface area (Å²) in [5, 5.41) is 14.6. The molecule has 0 atom stereocenters. The molecular weight excluding hydrogens is 258 g/mol. The summed E-state index contributed by atoms with van der Waals surface area (Å²) >= 11 is 1.71. The highest BCUT2D eigenvalue weighted by Gasteiger charge is 2.03. The molecule has 0 amide bonds. The van der Waals surface area contributed by atoms with Crippen molar-refractivity contribution >= 4 is 11.8 Å². The van der Waals surface area contributed by atoms with Crippen LogP contribution in [-0.2, 0) is 13.6 Å². The summed E-state index contributed by atoms with van der Waals surface area (Å²) in [6, 6.07) is 8.56. The van der Waals surface area contributed by atoms with Crippen LogP contribution in [0.4, 0.5) is 0 Å². The molecule has 2 rings (SSSR count). The van der Waals surface area contributed by atoms with E-state index in [1.807, 2.05) is 7.05 Å². The number of thioether (sulfide) groups is 1. The lowest BCUT2D eigenvalue weighted by molar-refractivity contribution is -0.670. The first-order valence-corrected chi connectivity index (χ1v) is 7.47. The second kappa shape index (κ2) is 7.25. The van der Waals surface area contributed by atoms with Crippen LogP contribution in [0.3, 0.4) is 0 Å². The normalized spacial score (nSPS) is 10.8. The molecule has 0 aliphatic rings. The van der Waals surface area contributed by atoms with Gasteiger partial charge in [-0.1, -0.05) is 36.0 Å². The van der Waals surface area contributed by atoms with Crippen molar-refractivity contribution in [3.63, 3.8) is 0 Å². The topological polar surface area (TPSA) is 60.2 Å². The van der Waals surface area contributed by atoms with Crippen LogP contribution in [0.25, 0.3) is 0 Å². The van der Waals surface area contributed by atoms with Crippen LogP contribution in [0.1, 0.15) is 17.5 Å². The van der Waals surface area contributed by atoms with Gasteiger partial charge in [0, 0.05) is 24.8 Å². The lowest BCUT2D eigenvalue weighted by atomic mass is 10.1. The van der Waals surface area contributed by atoms with Crippen LogP contribution in [0.2, 0.25) is 0 Å². The van der Waals surface area contributed by atoms with E-state index in [1.165, 1.54) is 11.1 Å². The fraction of sp³-hybridized carbons (Fsp3) is 0.462. The molecule has 0 fully saturated rings. The fourth-order valence-electron chi connectivity index (χ4n) is 1.83. The van der Waals surface area contributed by atoms with Crippen LogP contribution in [-0.4, -0.2) is 32.5 Å². The lowest BCUT2D eigenvalue weighted by Gasteiger charge is -2.04. The molecular formula is C13H20N5S+. The first kappa shape index (κ1) is 14.0. The van der Waals surface area contributed by atoms with Crippen molar-refractivity contribution in [2.24, 2.45) is 7.05 Å². The molecule has 19 heavy (non-hydrogen) atoms. The van der Waals surface area contributed by atoms with Gasteiger partial charge in [0.15, 0.2) is 0 Å². The molecule has 1 aromatic heterocycles. The zero-order valence-corrected chi connectivity index (χ0v) is 12.2. The number of hydrogen-bond acceptors (Lipinski definition) is 4. The third-order valence-electron chi connectivity index (χ3n) is 2.99. The van der Waals surface area contributed by atoms with Crippen LogP contribution < -0.4 is 5.32 Å². The molecule has 0 bridgehead atoms. The smallest absolute Gasteiger partial charge is 0.209 e. The van der Waals surface area contributed by atoms with Crippen molar-refractivity contribution < 1.29 is 5.32 Å². The van der Waals surface area contributed by atoms with Gasteiger partial charge in [-0.2, -0.15) is 0 Å². The van der Waals surface area contributed by atoms with Gasteiger partial charge in [-0.15, -0.1) is 5.10 Å². The molecule has 0 saturated carbocycles. The van der Waals surface area contributed by atoms with E-state index in [9.17, 15) is 0 Å². The molecule has 1 heterocycles. The van der Waals surface area contributed by atoms with Gasteiger partial charge in [-0.05, 0) is 22.9 Å². The Bertz CT molecular complexity index is 511. The number of aromatic nitrogens is 4. The number of nitrogens with zero attached hydrogens (tertiary/aromatic N) is 4. The van der Waals surface area contributed by atoms with Crippen LogP contribution in [0.5, 0.6) is 0 Å². The van der Waals surface area contributed by atoms with Crippen molar-refractivity contribution in [1.29, 1.82) is 0 Å². The zero-order chi connectivity index (χ0) is 13.5. The molecule has 0 aliphatic carbocycles. The standard InChI is InChI=1S/C13H19N5S/c1-11-6-3-4-7-12(11)10-14-8-5-9-19-13-15-16-17-18(13)2/h3-4,6-7,14H,5,8-10H2,1-2H3/p+1. The highest BCUT2D eigenvalue weighted by atomic mass is 32.2. The fourth-order valence-corrected chi connectivity index (χ4v) is 2.64. The first-order chi connectivity index (χ1) is 9.27. The molecule has 1 aromatic carbocycles. The lowest BCUT2D eigenvalue weighted by Crippen LogP contribution is -2.82. The Morgan fingerprint density at radius 1 is 1.32 bits per heavy atom. The number of rotatable bonds is 7. The molecule has 0 unspecified atom stereocenters. The Kier molecular flexibility index (Phi) is 5.35. The second-order valence-corrected chi connectivity index (χ2v) is 5.56. The quantitative estimate of drug-likeness (QED) is 0.600. The number of hydrogen-bond donors (Lipinski definition) is 1. The largest absolute Gasteiger partial charge is 0.342 e. The number of aryl methyl sites for hydroxylation is 2. The third kappa shape index (κ3) is 4.33. The first-order valence-electron chi connectivity index (χ1n) is 6.48. The number of benzene rings is 1. The maximum atomic E-state index is 3.95. The maximum absolute atomic E-state index is 3.95. The molecule has 2 aromatic rings. The van der Waals surface area contributed by atoms with Gasteiger partial charge in [-0.3, -0.25) is 0 Å². The SMILES string of the molecule is Cc1ccccc1C[NH2+]CCCSc1nnnn1C. The summed E-state index contributed by atoms with van der Waals surface area (Å²) in [6.07, 6.45) is 1.16. The van der Waals surface area contributed by atoms with Crippen molar-refractivity contribution in [3.8, 4) is 0 Å². The highest BCUT2D eigenvalue weighted by Crippen LogP contribution is 2.12. The zero-order valence-electron chi connectivity index (χ0n) is 11.4. The van der Waals surface area contributed by atoms with Gasteiger partial charge >= 0.3 is 0 Å². The van der Waals surface area contributed by atoms with Crippen molar-refractivity contribution in [2.75, 3.05) is 12.3 Å². The average molecular weight is 278 g/mol. The second-order valence-electron chi connectivity index (χ2n) is 4.50. The predicted octanol–water partition coefficient (Wildman–Crippen LogP) is 0.764. The van der Waals surface area contributed by atoms with E-state index >= 15 is 0 Å². The van der Waals surface area contributed by atoms with Crippen molar-refractivity contribution in [2.45, 2.75) is 25.0 Å². The minimum absolute atomic E-state index is 0.888. The predicted molar refractivity (Wildman–Crippen MR) is 75.8 cm³/mol. The molecule has 5 nitrogen and oxygen atoms in total. The van der Waals surface area contributed by atoms with Crippen LogP contribution >= 0.6 is 11.8 Å². The van der Waals surface area contributed by atoms with E-state index in [0.29, 0.717) is 0 Å². The summed E-state index contributed by atoms with van der Waals surface area (Å²) in [5.74, 6) is 1.05. The van der Waals surface area contributed by atoms with Gasteiger partial charge in [0.1, 0.15) is 6.54 Å². The Hall–Kier alpha value is -1.40. The minimum Gasteiger partial charge on any atom is -0.342 e. The van der Waals surface area contributed by atoms with E-state index in [2.05, 4.69) is 52.0 Å². The molecule has 6 heteroatoms. The summed E-state index contributed by atoms with van der Waals surface area (Å²) < 4.78 is 1.71. The van der Waals surface area contributed by atoms with E-state index in [1.54, 1.807) is 16.4 Å². The molecule has 0 saturated heterocycles. The molecule has 2 N–H and O–H groups in total. The van der Waals surface area contributed by atoms with Gasteiger partial charge in [0.2, 0.25) is 5.16 Å². The summed E-state index contributed by atoms with van der Waals surface area (Å²) in [5.41, 5.74) is 2.80. The molecule has 102 valence electrons. The van der Waals surface area contributed by atoms with Gasteiger partial charge in [0.05, 0.1) is 6.54 Å². The van der Waals surface area contributed by atoms with Crippen molar-refractivity contribution in [1.82, 2.24) is 20.2 Å². The number of tetrazole rings is 1. The van der Waals surface area contributed by atoms with Crippen LogP contribution in [0, 0.1) is 6.92 Å². The molecule has 0 radical (unpaired) electrons. The summed E-state index contributed by atoms with van der Waals surface area (Å²) in [6.45, 7) is 4.36. The van der Waals surface area contributed by atoms with E-state index in [0.717, 1.165) is 30.4 Å². The summed E-state index contributed by atoms with van der Waals surface area (Å²) in [4.78, 5) is 0. The highest BCUT2D eigenvalue weighted by molar-refractivity contribution is 7.99. The van der Waals surface area contributed by atoms with Crippen LogP contribution in [0.15, 0.2) is 29.4 Å². The van der Waals surface area contributed by atoms with Gasteiger partial charge in [-0.25, -0.2) is 4.68 Å². The summed E-state index contributed by atoms with van der Waals surface area (Å²) in [7, 11) is 1.87. The Labute approximate surface area is 117 Å². The van der Waals surface area contributed by atoms with E-state index in [4.69, 9.17) is 0 Å². The maximum Gasteiger partial charge on any atom is 0.209 e. The Morgan fingerprint density at radius 3 is 2.89 bits per heavy atom. The minimum atomic E-state index is 0.888. The average Bonchev–Trinajstić information content (AvgIpc) is 2.81. The Balaban J connectivity index is 1.60. The van der Waals surface area contributed by atoms with Gasteiger partial charge in [0.25, 0.3) is 0 Å². The Morgan fingerprint density at radius 2 is 2.16 bits per heavy atom. The van der Waals surface area contributed by atoms with Crippen molar-refractivity contribution in [3.05, 3.63) is 35.4 Å².